The molecule has 0 saturated heterocycles. The van der Waals surface area contributed by atoms with Crippen molar-refractivity contribution in [1.82, 2.24) is 5.32 Å². The van der Waals surface area contributed by atoms with Gasteiger partial charge in [0.2, 0.25) is 0 Å². The molecule has 2 aromatic rings. The van der Waals surface area contributed by atoms with Crippen LogP contribution < -0.4 is 10.1 Å². The van der Waals surface area contributed by atoms with Gasteiger partial charge >= 0.3 is 0 Å². The highest BCUT2D eigenvalue weighted by Gasteiger charge is 2.20. The van der Waals surface area contributed by atoms with E-state index in [4.69, 9.17) is 4.74 Å². The third kappa shape index (κ3) is 3.19. The summed E-state index contributed by atoms with van der Waals surface area (Å²) in [5.74, 6) is 1.02. The zero-order valence-electron chi connectivity index (χ0n) is 10.6. The van der Waals surface area contributed by atoms with Crippen LogP contribution in [0.3, 0.4) is 0 Å². The average Bonchev–Trinajstić information content (AvgIpc) is 2.92. The molecule has 0 spiro atoms. The van der Waals surface area contributed by atoms with Gasteiger partial charge in [-0.3, -0.25) is 0 Å². The third-order valence-corrected chi connectivity index (χ3v) is 4.78. The summed E-state index contributed by atoms with van der Waals surface area (Å²) >= 11 is 5.36. The number of rotatable bonds is 4. The van der Waals surface area contributed by atoms with Crippen LogP contribution in [0.4, 0.5) is 0 Å². The molecule has 4 heteroatoms. The van der Waals surface area contributed by atoms with E-state index >= 15 is 0 Å². The molecular weight excluding hydrogens is 322 g/mol. The first-order valence-electron chi connectivity index (χ1n) is 6.51. The lowest BCUT2D eigenvalue weighted by Gasteiger charge is -2.27. The number of ether oxygens (including phenoxy) is 1. The Morgan fingerprint density at radius 3 is 3.16 bits per heavy atom. The molecule has 0 aliphatic carbocycles. The summed E-state index contributed by atoms with van der Waals surface area (Å²) in [5.41, 5.74) is 1.27. The Morgan fingerprint density at radius 2 is 2.32 bits per heavy atom. The predicted octanol–water partition coefficient (Wildman–Crippen LogP) is 4.17. The molecule has 0 amide bonds. The largest absolute Gasteiger partial charge is 0.493 e. The zero-order chi connectivity index (χ0) is 13.1. The van der Waals surface area contributed by atoms with Crippen molar-refractivity contribution in [3.8, 4) is 5.75 Å². The van der Waals surface area contributed by atoms with E-state index < -0.39 is 0 Å². The van der Waals surface area contributed by atoms with Crippen molar-refractivity contribution in [3.05, 3.63) is 50.6 Å². The van der Waals surface area contributed by atoms with Crippen LogP contribution in [0.5, 0.6) is 5.75 Å². The summed E-state index contributed by atoms with van der Waals surface area (Å²) in [5, 5.41) is 5.78. The topological polar surface area (TPSA) is 21.3 Å². The Morgan fingerprint density at radius 1 is 1.37 bits per heavy atom. The first-order valence-corrected chi connectivity index (χ1v) is 8.18. The van der Waals surface area contributed by atoms with Crippen LogP contribution in [0.25, 0.3) is 0 Å². The highest BCUT2D eigenvalue weighted by molar-refractivity contribution is 9.10. The minimum absolute atomic E-state index is 0.404. The number of fused-ring (bicyclic) bond motifs is 1. The van der Waals surface area contributed by atoms with Gasteiger partial charge in [0.1, 0.15) is 5.75 Å². The lowest BCUT2D eigenvalue weighted by Crippen LogP contribution is -2.28. The first-order chi connectivity index (χ1) is 9.33. The average molecular weight is 338 g/mol. The van der Waals surface area contributed by atoms with Gasteiger partial charge in [0.15, 0.2) is 0 Å². The van der Waals surface area contributed by atoms with Gasteiger partial charge < -0.3 is 10.1 Å². The summed E-state index contributed by atoms with van der Waals surface area (Å²) in [6, 6.07) is 11.0. The fraction of sp³-hybridized carbons (Fsp3) is 0.333. The van der Waals surface area contributed by atoms with Crippen LogP contribution in [0.2, 0.25) is 0 Å². The Balaban J connectivity index is 1.64. The Labute approximate surface area is 125 Å². The van der Waals surface area contributed by atoms with Crippen molar-refractivity contribution >= 4 is 27.3 Å². The standard InChI is InChI=1S/C15H16BrNOS/c16-11-3-4-15-13(10-11)14(6-8-18-15)17-7-5-12-2-1-9-19-12/h1-4,9-10,14,17H,5-8H2. The maximum absolute atomic E-state index is 5.70. The first kappa shape index (κ1) is 13.2. The number of hydrogen-bond donors (Lipinski definition) is 1. The highest BCUT2D eigenvalue weighted by atomic mass is 79.9. The fourth-order valence-electron chi connectivity index (χ4n) is 2.40. The molecule has 1 aromatic carbocycles. The Bertz CT molecular complexity index is 541. The van der Waals surface area contributed by atoms with Crippen molar-refractivity contribution in [2.24, 2.45) is 0 Å². The Kier molecular flexibility index (Phi) is 4.21. The smallest absolute Gasteiger partial charge is 0.124 e. The van der Waals surface area contributed by atoms with Crippen LogP contribution in [-0.4, -0.2) is 13.2 Å². The van der Waals surface area contributed by atoms with E-state index in [1.54, 1.807) is 0 Å². The van der Waals surface area contributed by atoms with E-state index in [0.29, 0.717) is 6.04 Å². The molecule has 0 fully saturated rings. The molecular formula is C15H16BrNOS. The minimum atomic E-state index is 0.404. The van der Waals surface area contributed by atoms with Crippen LogP contribution in [-0.2, 0) is 6.42 Å². The maximum Gasteiger partial charge on any atom is 0.124 e. The summed E-state index contributed by atoms with van der Waals surface area (Å²) in [7, 11) is 0. The molecule has 1 atom stereocenters. The van der Waals surface area contributed by atoms with E-state index in [1.165, 1.54) is 10.4 Å². The molecule has 1 aliphatic rings. The molecule has 0 saturated carbocycles. The minimum Gasteiger partial charge on any atom is -0.493 e. The van der Waals surface area contributed by atoms with Crippen LogP contribution in [0.1, 0.15) is 22.9 Å². The van der Waals surface area contributed by atoms with Gasteiger partial charge in [0, 0.05) is 33.9 Å². The van der Waals surface area contributed by atoms with E-state index in [-0.39, 0.29) is 0 Å². The molecule has 0 bridgehead atoms. The predicted molar refractivity (Wildman–Crippen MR) is 83.0 cm³/mol. The molecule has 100 valence electrons. The van der Waals surface area contributed by atoms with Crippen LogP contribution in [0.15, 0.2) is 40.2 Å². The molecule has 2 nitrogen and oxygen atoms in total. The molecule has 1 unspecified atom stereocenters. The summed E-state index contributed by atoms with van der Waals surface area (Å²) < 4.78 is 6.81. The van der Waals surface area contributed by atoms with Crippen molar-refractivity contribution in [2.45, 2.75) is 18.9 Å². The third-order valence-electron chi connectivity index (χ3n) is 3.35. The maximum atomic E-state index is 5.70. The van der Waals surface area contributed by atoms with Gasteiger partial charge in [-0.15, -0.1) is 11.3 Å². The SMILES string of the molecule is Brc1ccc2c(c1)C(NCCc1cccs1)CCO2. The number of hydrogen-bond acceptors (Lipinski definition) is 3. The van der Waals surface area contributed by atoms with Gasteiger partial charge in [0.05, 0.1) is 6.61 Å². The van der Waals surface area contributed by atoms with Crippen molar-refractivity contribution < 1.29 is 4.74 Å². The lowest BCUT2D eigenvalue weighted by molar-refractivity contribution is 0.253. The van der Waals surface area contributed by atoms with Crippen molar-refractivity contribution in [2.75, 3.05) is 13.2 Å². The van der Waals surface area contributed by atoms with E-state index in [2.05, 4.69) is 44.8 Å². The molecule has 1 aliphatic heterocycles. The molecule has 1 aromatic heterocycles. The highest BCUT2D eigenvalue weighted by Crippen LogP contribution is 2.34. The normalized spacial score (nSPS) is 17.8. The zero-order valence-corrected chi connectivity index (χ0v) is 13.0. The summed E-state index contributed by atoms with van der Waals surface area (Å²) in [6.07, 6.45) is 2.13. The number of thiophene rings is 1. The van der Waals surface area contributed by atoms with Gasteiger partial charge in [-0.25, -0.2) is 0 Å². The van der Waals surface area contributed by atoms with Gasteiger partial charge in [-0.05, 0) is 36.1 Å². The van der Waals surface area contributed by atoms with Crippen molar-refractivity contribution in [3.63, 3.8) is 0 Å². The van der Waals surface area contributed by atoms with E-state index in [9.17, 15) is 0 Å². The van der Waals surface area contributed by atoms with Crippen molar-refractivity contribution in [1.29, 1.82) is 0 Å². The monoisotopic (exact) mass is 337 g/mol. The Hall–Kier alpha value is -0.840. The van der Waals surface area contributed by atoms with Gasteiger partial charge in [-0.2, -0.15) is 0 Å². The fourth-order valence-corrected chi connectivity index (χ4v) is 3.49. The summed E-state index contributed by atoms with van der Waals surface area (Å²) in [4.78, 5) is 1.44. The molecule has 3 rings (SSSR count). The number of benzene rings is 1. The summed E-state index contributed by atoms with van der Waals surface area (Å²) in [6.45, 7) is 1.81. The second-order valence-corrected chi connectivity index (χ2v) is 6.60. The van der Waals surface area contributed by atoms with Gasteiger partial charge in [-0.1, -0.05) is 22.0 Å². The number of nitrogens with one attached hydrogen (secondary N) is 1. The van der Waals surface area contributed by atoms with E-state index in [1.807, 2.05) is 23.5 Å². The molecule has 19 heavy (non-hydrogen) atoms. The van der Waals surface area contributed by atoms with Crippen LogP contribution in [0, 0.1) is 0 Å². The molecule has 2 heterocycles. The quantitative estimate of drug-likeness (QED) is 0.904. The van der Waals surface area contributed by atoms with E-state index in [0.717, 1.165) is 36.2 Å². The van der Waals surface area contributed by atoms with Crippen LogP contribution >= 0.6 is 27.3 Å². The lowest BCUT2D eigenvalue weighted by atomic mass is 10.0. The number of halogens is 1. The van der Waals surface area contributed by atoms with Gasteiger partial charge in [0.25, 0.3) is 0 Å². The molecule has 0 radical (unpaired) electrons. The second kappa shape index (κ2) is 6.07. The molecule has 1 N–H and O–H groups in total. The second-order valence-electron chi connectivity index (χ2n) is 4.66.